The van der Waals surface area contributed by atoms with Crippen molar-refractivity contribution in [3.05, 3.63) is 76.1 Å². The first kappa shape index (κ1) is 12.9. The van der Waals surface area contributed by atoms with Crippen LogP contribution in [0.2, 0.25) is 0 Å². The summed E-state index contributed by atoms with van der Waals surface area (Å²) in [6.45, 7) is 0. The van der Waals surface area contributed by atoms with Crippen molar-refractivity contribution in [1.82, 2.24) is 4.98 Å². The Kier molecular flexibility index (Phi) is 3.32. The molecule has 0 saturated carbocycles. The van der Waals surface area contributed by atoms with Gasteiger partial charge in [0.05, 0.1) is 11.1 Å². The first-order valence-electron chi connectivity index (χ1n) is 6.00. The van der Waals surface area contributed by atoms with E-state index in [-0.39, 0.29) is 11.3 Å². The van der Waals surface area contributed by atoms with Gasteiger partial charge in [-0.2, -0.15) is 0 Å². The quantitative estimate of drug-likeness (QED) is 0.653. The average Bonchev–Trinajstić information content (AvgIpc) is 2.48. The van der Waals surface area contributed by atoms with Crippen molar-refractivity contribution < 1.29 is 9.18 Å². The number of nitrogens with zero attached hydrogens (tertiary/aromatic N) is 1. The summed E-state index contributed by atoms with van der Waals surface area (Å²) in [5.74, 6) is -0.879. The van der Waals surface area contributed by atoms with Crippen molar-refractivity contribution in [3.63, 3.8) is 0 Å². The normalized spacial score (nSPS) is 10.7. The molecule has 0 unspecified atom stereocenters. The zero-order valence-electron chi connectivity index (χ0n) is 10.3. The molecule has 0 N–H and O–H groups in total. The van der Waals surface area contributed by atoms with Gasteiger partial charge in [0.2, 0.25) is 0 Å². The Morgan fingerprint density at radius 1 is 1.10 bits per heavy atom. The first-order chi connectivity index (χ1) is 9.65. The minimum atomic E-state index is -0.528. The highest BCUT2D eigenvalue weighted by Gasteiger charge is 2.15. The smallest absolute Gasteiger partial charge is 0.196 e. The lowest BCUT2D eigenvalue weighted by molar-refractivity contribution is 0.103. The van der Waals surface area contributed by atoms with E-state index < -0.39 is 5.82 Å². The molecule has 1 aromatic heterocycles. The summed E-state index contributed by atoms with van der Waals surface area (Å²) in [7, 11) is 0. The molecule has 0 saturated heterocycles. The van der Waals surface area contributed by atoms with Crippen molar-refractivity contribution >= 4 is 32.6 Å². The third-order valence-electron chi connectivity index (χ3n) is 3.04. The second-order valence-electron chi connectivity index (χ2n) is 4.36. The van der Waals surface area contributed by atoms with Gasteiger partial charge in [-0.1, -0.05) is 34.1 Å². The average molecular weight is 330 g/mol. The van der Waals surface area contributed by atoms with Crippen LogP contribution in [0, 0.1) is 5.82 Å². The Morgan fingerprint density at radius 3 is 2.80 bits per heavy atom. The zero-order valence-corrected chi connectivity index (χ0v) is 11.9. The van der Waals surface area contributed by atoms with Crippen LogP contribution >= 0.6 is 15.9 Å². The summed E-state index contributed by atoms with van der Waals surface area (Å²) < 4.78 is 14.4. The molecule has 2 aromatic carbocycles. The fourth-order valence-electron chi connectivity index (χ4n) is 2.03. The largest absolute Gasteiger partial charge is 0.288 e. The molecule has 0 radical (unpaired) electrons. The minimum absolute atomic E-state index is 0.0506. The van der Waals surface area contributed by atoms with Crippen LogP contribution in [0.1, 0.15) is 15.9 Å². The molecule has 0 bridgehead atoms. The van der Waals surface area contributed by atoms with E-state index in [0.717, 1.165) is 5.39 Å². The molecular formula is C16H9BrFNO. The summed E-state index contributed by atoms with van der Waals surface area (Å²) >= 11 is 3.25. The van der Waals surface area contributed by atoms with Gasteiger partial charge in [0.25, 0.3) is 0 Å². The first-order valence-corrected chi connectivity index (χ1v) is 6.79. The number of hydrogen-bond acceptors (Lipinski definition) is 2. The minimum Gasteiger partial charge on any atom is -0.288 e. The number of benzene rings is 2. The highest BCUT2D eigenvalue weighted by atomic mass is 79.9. The molecule has 4 heteroatoms. The molecule has 0 spiro atoms. The van der Waals surface area contributed by atoms with Crippen LogP contribution in [0.15, 0.2) is 59.2 Å². The number of carbonyl (C=O) groups is 1. The standard InChI is InChI=1S/C16H9BrFNO/c17-12-5-6-14(18)13(9-12)16(20)11-4-3-10-2-1-7-19-15(10)8-11/h1-9H. The predicted molar refractivity (Wildman–Crippen MR) is 79.3 cm³/mol. The maximum absolute atomic E-state index is 13.8. The molecule has 3 rings (SSSR count). The maximum Gasteiger partial charge on any atom is 0.196 e. The fraction of sp³-hybridized carbons (Fsp3) is 0. The monoisotopic (exact) mass is 329 g/mol. The summed E-state index contributed by atoms with van der Waals surface area (Å²) in [6, 6.07) is 13.2. The van der Waals surface area contributed by atoms with Gasteiger partial charge in [-0.05, 0) is 30.3 Å². The maximum atomic E-state index is 13.8. The van der Waals surface area contributed by atoms with Crippen LogP contribution in [0.5, 0.6) is 0 Å². The van der Waals surface area contributed by atoms with Crippen LogP contribution in [0.25, 0.3) is 10.9 Å². The molecular weight excluding hydrogens is 321 g/mol. The molecule has 0 fully saturated rings. The summed E-state index contributed by atoms with van der Waals surface area (Å²) in [5.41, 5.74) is 1.19. The zero-order chi connectivity index (χ0) is 14.1. The Labute approximate surface area is 123 Å². The van der Waals surface area contributed by atoms with Crippen LogP contribution in [0.4, 0.5) is 4.39 Å². The van der Waals surface area contributed by atoms with Crippen molar-refractivity contribution in [2.45, 2.75) is 0 Å². The van der Waals surface area contributed by atoms with Crippen molar-refractivity contribution in [1.29, 1.82) is 0 Å². The van der Waals surface area contributed by atoms with E-state index in [1.54, 1.807) is 24.4 Å². The highest BCUT2D eigenvalue weighted by Crippen LogP contribution is 2.21. The van der Waals surface area contributed by atoms with E-state index in [9.17, 15) is 9.18 Å². The summed E-state index contributed by atoms with van der Waals surface area (Å²) in [5, 5.41) is 0.943. The number of fused-ring (bicyclic) bond motifs is 1. The van der Waals surface area contributed by atoms with Gasteiger partial charge in [0.1, 0.15) is 5.82 Å². The van der Waals surface area contributed by atoms with E-state index in [1.807, 2.05) is 18.2 Å². The van der Waals surface area contributed by atoms with Crippen molar-refractivity contribution in [3.8, 4) is 0 Å². The second kappa shape index (κ2) is 5.13. The molecule has 0 aliphatic carbocycles. The molecule has 3 aromatic rings. The second-order valence-corrected chi connectivity index (χ2v) is 5.28. The van der Waals surface area contributed by atoms with E-state index in [2.05, 4.69) is 20.9 Å². The van der Waals surface area contributed by atoms with Gasteiger partial charge >= 0.3 is 0 Å². The van der Waals surface area contributed by atoms with Gasteiger partial charge in [-0.25, -0.2) is 4.39 Å². The Bertz CT molecular complexity index is 816. The number of carbonyl (C=O) groups excluding carboxylic acids is 1. The molecule has 0 aliphatic heterocycles. The summed E-state index contributed by atoms with van der Waals surface area (Å²) in [6.07, 6.45) is 1.66. The highest BCUT2D eigenvalue weighted by molar-refractivity contribution is 9.10. The Balaban J connectivity index is 2.10. The molecule has 0 aliphatic rings. The van der Waals surface area contributed by atoms with Gasteiger partial charge in [-0.15, -0.1) is 0 Å². The van der Waals surface area contributed by atoms with Gasteiger partial charge in [-0.3, -0.25) is 9.78 Å². The molecule has 0 atom stereocenters. The lowest BCUT2D eigenvalue weighted by Crippen LogP contribution is -2.04. The number of ketones is 1. The van der Waals surface area contributed by atoms with Crippen LogP contribution in [0.3, 0.4) is 0 Å². The van der Waals surface area contributed by atoms with Crippen LogP contribution in [-0.4, -0.2) is 10.8 Å². The van der Waals surface area contributed by atoms with Gasteiger partial charge in [0.15, 0.2) is 5.78 Å². The molecule has 1 heterocycles. The number of halogens is 2. The number of hydrogen-bond donors (Lipinski definition) is 0. The van der Waals surface area contributed by atoms with E-state index >= 15 is 0 Å². The van der Waals surface area contributed by atoms with E-state index in [1.165, 1.54) is 12.1 Å². The van der Waals surface area contributed by atoms with E-state index in [4.69, 9.17) is 0 Å². The topological polar surface area (TPSA) is 30.0 Å². The molecule has 98 valence electrons. The van der Waals surface area contributed by atoms with Gasteiger partial charge in [0, 0.05) is 21.6 Å². The lowest BCUT2D eigenvalue weighted by Gasteiger charge is -2.05. The third-order valence-corrected chi connectivity index (χ3v) is 3.53. The Morgan fingerprint density at radius 2 is 1.95 bits per heavy atom. The van der Waals surface area contributed by atoms with Gasteiger partial charge < -0.3 is 0 Å². The molecule has 20 heavy (non-hydrogen) atoms. The number of pyridine rings is 1. The SMILES string of the molecule is O=C(c1ccc2cccnc2c1)c1cc(Br)ccc1F. The number of aromatic nitrogens is 1. The summed E-state index contributed by atoms with van der Waals surface area (Å²) in [4.78, 5) is 16.6. The van der Waals surface area contributed by atoms with E-state index in [0.29, 0.717) is 15.6 Å². The lowest BCUT2D eigenvalue weighted by atomic mass is 10.0. The molecule has 0 amide bonds. The Hall–Kier alpha value is -2.07. The molecule has 2 nitrogen and oxygen atoms in total. The number of rotatable bonds is 2. The van der Waals surface area contributed by atoms with Crippen LogP contribution < -0.4 is 0 Å². The fourth-order valence-corrected chi connectivity index (χ4v) is 2.40. The third kappa shape index (κ3) is 2.34. The van der Waals surface area contributed by atoms with Crippen LogP contribution in [-0.2, 0) is 0 Å². The predicted octanol–water partition coefficient (Wildman–Crippen LogP) is 4.37. The van der Waals surface area contributed by atoms with Crippen molar-refractivity contribution in [2.75, 3.05) is 0 Å². The van der Waals surface area contributed by atoms with Crippen molar-refractivity contribution in [2.24, 2.45) is 0 Å².